The van der Waals surface area contributed by atoms with Gasteiger partial charge in [0.1, 0.15) is 12.2 Å². The van der Waals surface area contributed by atoms with Crippen LogP contribution in [0.25, 0.3) is 0 Å². The van der Waals surface area contributed by atoms with Gasteiger partial charge in [-0.2, -0.15) is 5.26 Å². The van der Waals surface area contributed by atoms with Crippen LogP contribution < -0.4 is 10.1 Å². The van der Waals surface area contributed by atoms with Crippen LogP contribution in [0, 0.1) is 11.3 Å². The standard InChI is InChI=1S/C18H18N2O2/c19-13-12-18(21)20-16-8-10-17(11-9-16)22-14-4-7-15-5-2-1-3-6-15/h1-3,5-6,8-11H,4,7,12,14H2,(H,20,21). The van der Waals surface area contributed by atoms with E-state index in [1.165, 1.54) is 5.56 Å². The number of nitrogens with one attached hydrogen (secondary N) is 1. The van der Waals surface area contributed by atoms with Crippen molar-refractivity contribution in [2.75, 3.05) is 11.9 Å². The second-order valence-electron chi connectivity index (χ2n) is 4.85. The van der Waals surface area contributed by atoms with Gasteiger partial charge in [0.15, 0.2) is 0 Å². The third kappa shape index (κ3) is 5.29. The number of nitriles is 1. The lowest BCUT2D eigenvalue weighted by atomic mass is 10.1. The molecule has 0 saturated carbocycles. The van der Waals surface area contributed by atoms with E-state index in [1.807, 2.05) is 36.4 Å². The Labute approximate surface area is 130 Å². The maximum atomic E-state index is 11.3. The number of carbonyl (C=O) groups is 1. The summed E-state index contributed by atoms with van der Waals surface area (Å²) in [4.78, 5) is 11.3. The van der Waals surface area contributed by atoms with E-state index in [2.05, 4.69) is 17.4 Å². The van der Waals surface area contributed by atoms with Crippen molar-refractivity contribution in [3.05, 3.63) is 60.2 Å². The normalized spacial score (nSPS) is 9.77. The van der Waals surface area contributed by atoms with Gasteiger partial charge in [0.2, 0.25) is 5.91 Å². The molecule has 1 amide bonds. The van der Waals surface area contributed by atoms with E-state index in [4.69, 9.17) is 10.00 Å². The third-order valence-corrected chi connectivity index (χ3v) is 3.10. The molecule has 0 fully saturated rings. The SMILES string of the molecule is N#CCC(=O)Nc1ccc(OCCCc2ccccc2)cc1. The summed E-state index contributed by atoms with van der Waals surface area (Å²) in [5.41, 5.74) is 1.97. The number of rotatable bonds is 7. The van der Waals surface area contributed by atoms with Crippen LogP contribution in [-0.2, 0) is 11.2 Å². The second-order valence-corrected chi connectivity index (χ2v) is 4.85. The van der Waals surface area contributed by atoms with Crippen LogP contribution in [0.3, 0.4) is 0 Å². The maximum absolute atomic E-state index is 11.3. The quantitative estimate of drug-likeness (QED) is 0.794. The van der Waals surface area contributed by atoms with Crippen molar-refractivity contribution in [1.82, 2.24) is 0 Å². The van der Waals surface area contributed by atoms with Gasteiger partial charge in [-0.25, -0.2) is 0 Å². The number of anilines is 1. The van der Waals surface area contributed by atoms with Crippen LogP contribution in [0.4, 0.5) is 5.69 Å². The van der Waals surface area contributed by atoms with Crippen molar-refractivity contribution in [2.24, 2.45) is 0 Å². The van der Waals surface area contributed by atoms with Crippen LogP contribution in [0.5, 0.6) is 5.75 Å². The predicted octanol–water partition coefficient (Wildman–Crippen LogP) is 3.55. The Bertz CT molecular complexity index is 630. The van der Waals surface area contributed by atoms with E-state index in [0.717, 1.165) is 18.6 Å². The fraction of sp³-hybridized carbons (Fsp3) is 0.222. The Morgan fingerprint density at radius 1 is 1.09 bits per heavy atom. The zero-order valence-electron chi connectivity index (χ0n) is 12.3. The monoisotopic (exact) mass is 294 g/mol. The van der Waals surface area contributed by atoms with Crippen LogP contribution >= 0.6 is 0 Å². The molecule has 2 aromatic rings. The van der Waals surface area contributed by atoms with Crippen LogP contribution in [0.15, 0.2) is 54.6 Å². The summed E-state index contributed by atoms with van der Waals surface area (Å²) in [5.74, 6) is 0.463. The van der Waals surface area contributed by atoms with E-state index in [-0.39, 0.29) is 12.3 Å². The predicted molar refractivity (Wildman–Crippen MR) is 85.6 cm³/mol. The first kappa shape index (κ1) is 15.6. The average molecular weight is 294 g/mol. The van der Waals surface area contributed by atoms with E-state index in [0.29, 0.717) is 12.3 Å². The minimum Gasteiger partial charge on any atom is -0.494 e. The van der Waals surface area contributed by atoms with Crippen molar-refractivity contribution in [3.63, 3.8) is 0 Å². The molecule has 0 atom stereocenters. The highest BCUT2D eigenvalue weighted by molar-refractivity contribution is 5.92. The Balaban J connectivity index is 1.72. The zero-order chi connectivity index (χ0) is 15.6. The molecule has 0 saturated heterocycles. The molecule has 0 aliphatic carbocycles. The summed E-state index contributed by atoms with van der Waals surface area (Å²) in [5, 5.41) is 11.1. The summed E-state index contributed by atoms with van der Waals surface area (Å²) in [6.45, 7) is 0.648. The van der Waals surface area contributed by atoms with Gasteiger partial charge in [-0.3, -0.25) is 4.79 Å². The number of hydrogen-bond acceptors (Lipinski definition) is 3. The smallest absolute Gasteiger partial charge is 0.238 e. The van der Waals surface area contributed by atoms with Crippen LogP contribution in [0.1, 0.15) is 18.4 Å². The molecule has 4 nitrogen and oxygen atoms in total. The molecule has 0 aromatic heterocycles. The van der Waals surface area contributed by atoms with Gasteiger partial charge >= 0.3 is 0 Å². The average Bonchev–Trinajstić information content (AvgIpc) is 2.54. The molecule has 0 bridgehead atoms. The van der Waals surface area contributed by atoms with Gasteiger partial charge in [0.05, 0.1) is 12.7 Å². The first-order chi connectivity index (χ1) is 10.8. The lowest BCUT2D eigenvalue weighted by molar-refractivity contribution is -0.115. The van der Waals surface area contributed by atoms with Crippen LogP contribution in [-0.4, -0.2) is 12.5 Å². The minimum atomic E-state index is -0.306. The molecule has 0 radical (unpaired) electrons. The fourth-order valence-corrected chi connectivity index (χ4v) is 2.02. The molecule has 0 aliphatic heterocycles. The first-order valence-electron chi connectivity index (χ1n) is 7.21. The number of hydrogen-bond donors (Lipinski definition) is 1. The number of aryl methyl sites for hydroxylation is 1. The number of nitrogens with zero attached hydrogens (tertiary/aromatic N) is 1. The van der Waals surface area contributed by atoms with E-state index in [9.17, 15) is 4.79 Å². The minimum absolute atomic E-state index is 0.141. The Morgan fingerprint density at radius 2 is 1.82 bits per heavy atom. The summed E-state index contributed by atoms with van der Waals surface area (Å²) in [6.07, 6.45) is 1.80. The maximum Gasteiger partial charge on any atom is 0.238 e. The number of amides is 1. The Hall–Kier alpha value is -2.80. The highest BCUT2D eigenvalue weighted by atomic mass is 16.5. The molecule has 0 unspecified atom stereocenters. The molecule has 2 aromatic carbocycles. The van der Waals surface area contributed by atoms with Crippen molar-refractivity contribution in [2.45, 2.75) is 19.3 Å². The largest absolute Gasteiger partial charge is 0.494 e. The number of carbonyl (C=O) groups excluding carboxylic acids is 1. The number of benzene rings is 2. The summed E-state index contributed by atoms with van der Waals surface area (Å²) in [7, 11) is 0. The Kier molecular flexibility index (Phi) is 6.01. The molecule has 112 valence electrons. The zero-order valence-corrected chi connectivity index (χ0v) is 12.3. The summed E-state index contributed by atoms with van der Waals surface area (Å²) < 4.78 is 5.67. The highest BCUT2D eigenvalue weighted by Gasteiger charge is 2.01. The fourth-order valence-electron chi connectivity index (χ4n) is 2.02. The topological polar surface area (TPSA) is 62.1 Å². The van der Waals surface area contributed by atoms with Gasteiger partial charge in [-0.15, -0.1) is 0 Å². The summed E-state index contributed by atoms with van der Waals surface area (Å²) >= 11 is 0. The first-order valence-corrected chi connectivity index (χ1v) is 7.21. The van der Waals surface area contributed by atoms with E-state index in [1.54, 1.807) is 12.1 Å². The lowest BCUT2D eigenvalue weighted by Gasteiger charge is -2.08. The van der Waals surface area contributed by atoms with Gasteiger partial charge in [-0.05, 0) is 42.7 Å². The molecule has 22 heavy (non-hydrogen) atoms. The molecule has 0 spiro atoms. The second kappa shape index (κ2) is 8.48. The molecular formula is C18H18N2O2. The van der Waals surface area contributed by atoms with Gasteiger partial charge in [0, 0.05) is 5.69 Å². The molecular weight excluding hydrogens is 276 g/mol. The molecule has 1 N–H and O–H groups in total. The third-order valence-electron chi connectivity index (χ3n) is 3.10. The molecule has 0 aliphatic rings. The highest BCUT2D eigenvalue weighted by Crippen LogP contribution is 2.16. The summed E-state index contributed by atoms with van der Waals surface area (Å²) in [6, 6.07) is 19.3. The van der Waals surface area contributed by atoms with Crippen molar-refractivity contribution in [3.8, 4) is 11.8 Å². The van der Waals surface area contributed by atoms with Gasteiger partial charge in [0.25, 0.3) is 0 Å². The van der Waals surface area contributed by atoms with Gasteiger partial charge < -0.3 is 10.1 Å². The van der Waals surface area contributed by atoms with Crippen molar-refractivity contribution >= 4 is 11.6 Å². The molecule has 4 heteroatoms. The lowest BCUT2D eigenvalue weighted by Crippen LogP contribution is -2.09. The van der Waals surface area contributed by atoms with Crippen molar-refractivity contribution < 1.29 is 9.53 Å². The van der Waals surface area contributed by atoms with Crippen LogP contribution in [0.2, 0.25) is 0 Å². The molecule has 2 rings (SSSR count). The molecule has 0 heterocycles. The number of ether oxygens (including phenoxy) is 1. The Morgan fingerprint density at radius 3 is 2.50 bits per heavy atom. The van der Waals surface area contributed by atoms with E-state index >= 15 is 0 Å². The van der Waals surface area contributed by atoms with Crippen molar-refractivity contribution in [1.29, 1.82) is 5.26 Å². The van der Waals surface area contributed by atoms with E-state index < -0.39 is 0 Å². The van der Waals surface area contributed by atoms with Gasteiger partial charge in [-0.1, -0.05) is 30.3 Å².